The highest BCUT2D eigenvalue weighted by atomic mass is 35.5. The van der Waals surface area contributed by atoms with Crippen LogP contribution in [0.5, 0.6) is 0 Å². The molecule has 0 aliphatic heterocycles. The van der Waals surface area contributed by atoms with Gasteiger partial charge in [0.15, 0.2) is 5.13 Å². The number of hydrogen-bond acceptors (Lipinski definition) is 6. The van der Waals surface area contributed by atoms with E-state index in [1.165, 1.54) is 53.0 Å². The molecule has 2 N–H and O–H groups in total. The lowest BCUT2D eigenvalue weighted by Gasteiger charge is -2.09. The van der Waals surface area contributed by atoms with E-state index in [9.17, 15) is 13.2 Å². The van der Waals surface area contributed by atoms with Gasteiger partial charge in [-0.3, -0.25) is 14.8 Å². The maximum atomic E-state index is 12.7. The molecule has 4 aromatic rings. The normalized spacial score (nSPS) is 11.3. The van der Waals surface area contributed by atoms with Crippen LogP contribution in [-0.2, 0) is 10.0 Å². The third kappa shape index (κ3) is 5.25. The van der Waals surface area contributed by atoms with Gasteiger partial charge in [0.25, 0.3) is 15.9 Å². The van der Waals surface area contributed by atoms with Crippen molar-refractivity contribution in [3.8, 4) is 11.3 Å². The number of thiophene rings is 1. The molecule has 0 bridgehead atoms. The molecular formula is C20H12Cl3N3O3S3. The van der Waals surface area contributed by atoms with Crippen molar-refractivity contribution in [3.63, 3.8) is 0 Å². The summed E-state index contributed by atoms with van der Waals surface area (Å²) >= 11 is 20.4. The molecule has 0 saturated heterocycles. The number of rotatable bonds is 6. The van der Waals surface area contributed by atoms with Gasteiger partial charge in [-0.25, -0.2) is 13.4 Å². The van der Waals surface area contributed by atoms with Crippen molar-refractivity contribution in [2.75, 3.05) is 10.0 Å². The average molecular weight is 545 g/mol. The van der Waals surface area contributed by atoms with Crippen molar-refractivity contribution < 1.29 is 13.2 Å². The van der Waals surface area contributed by atoms with Gasteiger partial charge >= 0.3 is 0 Å². The number of sulfonamides is 1. The van der Waals surface area contributed by atoms with E-state index in [-0.39, 0.29) is 16.1 Å². The van der Waals surface area contributed by atoms with Crippen LogP contribution in [0.25, 0.3) is 11.3 Å². The van der Waals surface area contributed by atoms with Crippen molar-refractivity contribution in [2.45, 2.75) is 4.90 Å². The summed E-state index contributed by atoms with van der Waals surface area (Å²) in [5.74, 6) is -0.437. The fourth-order valence-corrected chi connectivity index (χ4v) is 6.05. The Bertz CT molecular complexity index is 1400. The van der Waals surface area contributed by atoms with Gasteiger partial charge in [-0.15, -0.1) is 22.7 Å². The van der Waals surface area contributed by atoms with Crippen LogP contribution >= 0.6 is 57.5 Å². The monoisotopic (exact) mass is 543 g/mol. The van der Waals surface area contributed by atoms with Crippen molar-refractivity contribution in [1.82, 2.24) is 4.98 Å². The van der Waals surface area contributed by atoms with Gasteiger partial charge < -0.3 is 0 Å². The number of benzene rings is 2. The highest BCUT2D eigenvalue weighted by Crippen LogP contribution is 2.39. The van der Waals surface area contributed by atoms with Crippen LogP contribution < -0.4 is 10.0 Å². The molecule has 6 nitrogen and oxygen atoms in total. The molecule has 1 amide bonds. The Kier molecular flexibility index (Phi) is 6.75. The number of aromatic nitrogens is 1. The van der Waals surface area contributed by atoms with Gasteiger partial charge in [0.1, 0.15) is 4.34 Å². The smallest absolute Gasteiger partial charge is 0.261 e. The molecule has 0 fully saturated rings. The lowest BCUT2D eigenvalue weighted by atomic mass is 10.2. The third-order valence-electron chi connectivity index (χ3n) is 4.16. The summed E-state index contributed by atoms with van der Waals surface area (Å²) in [5.41, 5.74) is 1.79. The summed E-state index contributed by atoms with van der Waals surface area (Å²) in [6.45, 7) is 0. The van der Waals surface area contributed by atoms with Gasteiger partial charge in [0, 0.05) is 27.2 Å². The second kappa shape index (κ2) is 9.38. The fraction of sp³-hybridized carbons (Fsp3) is 0. The molecule has 2 aromatic heterocycles. The molecule has 0 aliphatic rings. The number of nitrogens with zero attached hydrogens (tertiary/aromatic N) is 1. The van der Waals surface area contributed by atoms with Gasteiger partial charge in [0.05, 0.1) is 14.9 Å². The molecule has 0 saturated carbocycles. The second-order valence-corrected chi connectivity index (χ2v) is 11.6. The maximum absolute atomic E-state index is 12.7. The third-order valence-corrected chi connectivity index (χ3v) is 8.05. The van der Waals surface area contributed by atoms with Gasteiger partial charge in [-0.2, -0.15) is 0 Å². The second-order valence-electron chi connectivity index (χ2n) is 6.37. The molecule has 0 atom stereocenters. The highest BCUT2D eigenvalue weighted by Gasteiger charge is 2.17. The van der Waals surface area contributed by atoms with E-state index < -0.39 is 15.9 Å². The predicted octanol–water partition coefficient (Wildman–Crippen LogP) is 6.88. The number of hydrogen-bond donors (Lipinski definition) is 2. The van der Waals surface area contributed by atoms with Crippen LogP contribution in [0.15, 0.2) is 64.9 Å². The fourth-order valence-electron chi connectivity index (χ4n) is 2.69. The summed E-state index contributed by atoms with van der Waals surface area (Å²) in [6.07, 6.45) is 0. The Hall–Kier alpha value is -2.14. The summed E-state index contributed by atoms with van der Waals surface area (Å²) < 4.78 is 28.7. The Morgan fingerprint density at radius 3 is 2.44 bits per heavy atom. The first-order chi connectivity index (χ1) is 15.2. The SMILES string of the molecule is O=C(Nc1nc(-c2cc(Cl)sc2Cl)cs1)c1cccc(NS(=O)(=O)c2ccc(Cl)cc2)c1. The highest BCUT2D eigenvalue weighted by molar-refractivity contribution is 7.92. The zero-order chi connectivity index (χ0) is 22.9. The molecule has 32 heavy (non-hydrogen) atoms. The van der Waals surface area contributed by atoms with Crippen LogP contribution in [-0.4, -0.2) is 19.3 Å². The van der Waals surface area contributed by atoms with Crippen LogP contribution in [0.2, 0.25) is 13.7 Å². The Labute approximate surface area is 206 Å². The van der Waals surface area contributed by atoms with E-state index >= 15 is 0 Å². The van der Waals surface area contributed by atoms with E-state index in [2.05, 4.69) is 15.0 Å². The minimum absolute atomic E-state index is 0.0549. The van der Waals surface area contributed by atoms with Gasteiger partial charge in [0.2, 0.25) is 0 Å². The summed E-state index contributed by atoms with van der Waals surface area (Å²) in [6, 6.07) is 13.6. The first-order valence-corrected chi connectivity index (χ1v) is 13.1. The van der Waals surface area contributed by atoms with E-state index in [4.69, 9.17) is 34.8 Å². The Morgan fingerprint density at radius 2 is 1.75 bits per heavy atom. The van der Waals surface area contributed by atoms with Gasteiger partial charge in [-0.1, -0.05) is 40.9 Å². The van der Waals surface area contributed by atoms with E-state index in [1.807, 2.05) is 0 Å². The number of amides is 1. The predicted molar refractivity (Wildman–Crippen MR) is 132 cm³/mol. The first kappa shape index (κ1) is 23.0. The zero-order valence-corrected chi connectivity index (χ0v) is 20.5. The molecule has 2 aromatic carbocycles. The Morgan fingerprint density at radius 1 is 1.00 bits per heavy atom. The standard InChI is InChI=1S/C20H12Cl3N3O3S3/c21-12-4-6-14(7-5-12)32(28,29)26-13-3-1-2-11(8-13)19(27)25-20-24-16(10-30-20)15-9-17(22)31-18(15)23/h1-10,26H,(H,24,25,27). The zero-order valence-electron chi connectivity index (χ0n) is 15.8. The topological polar surface area (TPSA) is 88.2 Å². The molecule has 164 valence electrons. The number of thiazole rings is 1. The molecule has 0 radical (unpaired) electrons. The number of anilines is 2. The lowest BCUT2D eigenvalue weighted by molar-refractivity contribution is 0.102. The Balaban J connectivity index is 1.49. The van der Waals surface area contributed by atoms with Crippen LogP contribution in [0.4, 0.5) is 10.8 Å². The van der Waals surface area contributed by atoms with E-state index in [1.54, 1.807) is 29.6 Å². The quantitative estimate of drug-likeness (QED) is 0.277. The number of halogens is 3. The number of carbonyl (C=O) groups is 1. The van der Waals surface area contributed by atoms with Crippen LogP contribution in [0, 0.1) is 0 Å². The molecule has 0 unspecified atom stereocenters. The molecule has 2 heterocycles. The maximum Gasteiger partial charge on any atom is 0.261 e. The molecule has 0 spiro atoms. The average Bonchev–Trinajstić information content (AvgIpc) is 3.33. The minimum Gasteiger partial charge on any atom is -0.298 e. The van der Waals surface area contributed by atoms with Gasteiger partial charge in [-0.05, 0) is 48.5 Å². The van der Waals surface area contributed by atoms with Crippen molar-refractivity contribution in [3.05, 3.63) is 79.2 Å². The molecular weight excluding hydrogens is 533 g/mol. The van der Waals surface area contributed by atoms with E-state index in [0.29, 0.717) is 30.1 Å². The summed E-state index contributed by atoms with van der Waals surface area (Å²) in [5, 5.41) is 5.27. The summed E-state index contributed by atoms with van der Waals surface area (Å²) in [7, 11) is -3.83. The van der Waals surface area contributed by atoms with Crippen molar-refractivity contribution in [2.24, 2.45) is 0 Å². The molecule has 0 aliphatic carbocycles. The number of nitrogens with one attached hydrogen (secondary N) is 2. The lowest BCUT2D eigenvalue weighted by Crippen LogP contribution is -2.15. The molecule has 4 rings (SSSR count). The largest absolute Gasteiger partial charge is 0.298 e. The number of carbonyl (C=O) groups excluding carboxylic acids is 1. The van der Waals surface area contributed by atoms with Crippen LogP contribution in [0.1, 0.15) is 10.4 Å². The first-order valence-electron chi connectivity index (χ1n) is 8.82. The van der Waals surface area contributed by atoms with Crippen LogP contribution in [0.3, 0.4) is 0 Å². The van der Waals surface area contributed by atoms with E-state index in [0.717, 1.165) is 0 Å². The summed E-state index contributed by atoms with van der Waals surface area (Å²) in [4.78, 5) is 17.1. The van der Waals surface area contributed by atoms with Crippen molar-refractivity contribution >= 4 is 84.2 Å². The van der Waals surface area contributed by atoms with Crippen molar-refractivity contribution in [1.29, 1.82) is 0 Å². The minimum atomic E-state index is -3.83. The molecule has 12 heteroatoms.